The summed E-state index contributed by atoms with van der Waals surface area (Å²) in [5.41, 5.74) is 2.90. The number of hydrogen-bond acceptors (Lipinski definition) is 4. The number of allylic oxidation sites excluding steroid dienone is 1. The molecule has 2 amide bonds. The van der Waals surface area contributed by atoms with Crippen LogP contribution >= 0.6 is 0 Å². The molecule has 0 saturated heterocycles. The summed E-state index contributed by atoms with van der Waals surface area (Å²) < 4.78 is 11.4. The van der Waals surface area contributed by atoms with Gasteiger partial charge >= 0.3 is 12.0 Å². The molecule has 1 aliphatic rings. The third-order valence-electron chi connectivity index (χ3n) is 4.94. The average molecular weight is 423 g/mol. The normalized spacial score (nSPS) is 16.0. The molecule has 6 heteroatoms. The Kier molecular flexibility index (Phi) is 7.70. The van der Waals surface area contributed by atoms with Crippen molar-refractivity contribution in [2.24, 2.45) is 0 Å². The monoisotopic (exact) mass is 422 g/mol. The van der Waals surface area contributed by atoms with Crippen LogP contribution in [0.3, 0.4) is 0 Å². The molecule has 1 heterocycles. The Bertz CT molecular complexity index is 938. The summed E-state index contributed by atoms with van der Waals surface area (Å²) in [7, 11) is 0. The molecule has 2 aromatic rings. The molecule has 1 aliphatic heterocycles. The number of ether oxygens (including phenoxy) is 2. The van der Waals surface area contributed by atoms with Crippen molar-refractivity contribution in [3.8, 4) is 5.75 Å². The maximum atomic E-state index is 13.0. The molecule has 0 aromatic heterocycles. The molecular formula is C25H30N2O4. The van der Waals surface area contributed by atoms with Gasteiger partial charge in [-0.1, -0.05) is 55.8 Å². The van der Waals surface area contributed by atoms with E-state index in [0.717, 1.165) is 24.0 Å². The van der Waals surface area contributed by atoms with Crippen molar-refractivity contribution >= 4 is 12.0 Å². The fourth-order valence-corrected chi connectivity index (χ4v) is 3.46. The number of rotatable bonds is 9. The summed E-state index contributed by atoms with van der Waals surface area (Å²) in [6, 6.07) is 16.4. The first-order chi connectivity index (χ1) is 15.0. The maximum absolute atomic E-state index is 13.0. The van der Waals surface area contributed by atoms with Gasteiger partial charge in [0.25, 0.3) is 0 Å². The lowest BCUT2D eigenvalue weighted by Gasteiger charge is -2.30. The average Bonchev–Trinajstić information content (AvgIpc) is 2.76. The molecule has 1 unspecified atom stereocenters. The summed E-state index contributed by atoms with van der Waals surface area (Å²) in [5, 5.41) is 5.69. The Morgan fingerprint density at radius 1 is 1.10 bits per heavy atom. The number of urea groups is 1. The molecule has 0 fully saturated rings. The topological polar surface area (TPSA) is 76.7 Å². The van der Waals surface area contributed by atoms with Crippen molar-refractivity contribution in [1.29, 1.82) is 0 Å². The molecule has 6 nitrogen and oxygen atoms in total. The lowest BCUT2D eigenvalue weighted by molar-refractivity contribution is -0.143. The van der Waals surface area contributed by atoms with Gasteiger partial charge in [0, 0.05) is 5.70 Å². The minimum atomic E-state index is -0.605. The third-order valence-corrected chi connectivity index (χ3v) is 4.94. The Morgan fingerprint density at radius 2 is 1.87 bits per heavy atom. The number of hydrogen-bond donors (Lipinski definition) is 2. The summed E-state index contributed by atoms with van der Waals surface area (Å²) in [4.78, 5) is 25.3. The fraction of sp³-hybridized carbons (Fsp3) is 0.360. The van der Waals surface area contributed by atoms with Gasteiger partial charge in [-0.15, -0.1) is 0 Å². The van der Waals surface area contributed by atoms with Crippen LogP contribution in [-0.4, -0.2) is 18.1 Å². The second kappa shape index (κ2) is 10.7. The maximum Gasteiger partial charge on any atom is 0.338 e. The highest BCUT2D eigenvalue weighted by atomic mass is 16.5. The molecule has 2 aromatic carbocycles. The highest BCUT2D eigenvalue weighted by molar-refractivity contribution is 5.95. The lowest BCUT2D eigenvalue weighted by Crippen LogP contribution is -2.46. The van der Waals surface area contributed by atoms with Crippen LogP contribution < -0.4 is 15.4 Å². The van der Waals surface area contributed by atoms with E-state index in [1.807, 2.05) is 68.4 Å². The minimum absolute atomic E-state index is 0.258. The van der Waals surface area contributed by atoms with Gasteiger partial charge in [-0.05, 0) is 49.9 Å². The number of unbranched alkanes of at least 4 members (excludes halogenated alkanes) is 1. The van der Waals surface area contributed by atoms with Crippen LogP contribution in [0.4, 0.5) is 4.79 Å². The van der Waals surface area contributed by atoms with Crippen molar-refractivity contribution < 1.29 is 19.1 Å². The third kappa shape index (κ3) is 6.10. The summed E-state index contributed by atoms with van der Waals surface area (Å²) in [6.45, 7) is 6.13. The number of amides is 2. The highest BCUT2D eigenvalue weighted by Crippen LogP contribution is 2.31. The predicted molar refractivity (Wildman–Crippen MR) is 119 cm³/mol. The van der Waals surface area contributed by atoms with E-state index < -0.39 is 12.0 Å². The van der Waals surface area contributed by atoms with Gasteiger partial charge in [-0.2, -0.15) is 0 Å². The SMILES string of the molecule is CCCCC1=C(C(=O)OC(C)C)C(c2cccc(OCc3ccccc3)c2)NC(=O)N1. The first-order valence-corrected chi connectivity index (χ1v) is 10.8. The zero-order chi connectivity index (χ0) is 22.2. The van der Waals surface area contributed by atoms with Crippen LogP contribution in [0.15, 0.2) is 65.9 Å². The second-order valence-electron chi connectivity index (χ2n) is 7.83. The second-order valence-corrected chi connectivity index (χ2v) is 7.83. The number of nitrogens with one attached hydrogen (secondary N) is 2. The van der Waals surface area contributed by atoms with E-state index in [9.17, 15) is 9.59 Å². The zero-order valence-corrected chi connectivity index (χ0v) is 18.3. The van der Waals surface area contributed by atoms with E-state index >= 15 is 0 Å². The Hall–Kier alpha value is -3.28. The molecule has 3 rings (SSSR count). The number of benzene rings is 2. The van der Waals surface area contributed by atoms with E-state index in [-0.39, 0.29) is 12.1 Å². The summed E-state index contributed by atoms with van der Waals surface area (Å²) >= 11 is 0. The molecule has 164 valence electrons. The van der Waals surface area contributed by atoms with Crippen LogP contribution in [-0.2, 0) is 16.1 Å². The van der Waals surface area contributed by atoms with E-state index in [2.05, 4.69) is 17.6 Å². The molecule has 0 saturated carbocycles. The van der Waals surface area contributed by atoms with Crippen LogP contribution in [0.5, 0.6) is 5.75 Å². The van der Waals surface area contributed by atoms with Crippen LogP contribution in [0.2, 0.25) is 0 Å². The van der Waals surface area contributed by atoms with Crippen molar-refractivity contribution in [2.45, 2.75) is 58.8 Å². The standard InChI is InChI=1S/C25H30N2O4/c1-4-5-14-21-22(24(28)31-17(2)3)23(27-25(29)26-21)19-12-9-13-20(15-19)30-16-18-10-7-6-8-11-18/h6-13,15,17,23H,4-5,14,16H2,1-3H3,(H2,26,27,29). The smallest absolute Gasteiger partial charge is 0.338 e. The van der Waals surface area contributed by atoms with Crippen molar-refractivity contribution in [2.75, 3.05) is 0 Å². The summed E-state index contributed by atoms with van der Waals surface area (Å²) in [6.07, 6.45) is 2.16. The van der Waals surface area contributed by atoms with E-state index in [1.54, 1.807) is 0 Å². The largest absolute Gasteiger partial charge is 0.489 e. The molecule has 0 bridgehead atoms. The molecule has 1 atom stereocenters. The van der Waals surface area contributed by atoms with Gasteiger partial charge in [-0.25, -0.2) is 9.59 Å². The Morgan fingerprint density at radius 3 is 2.58 bits per heavy atom. The Balaban J connectivity index is 1.90. The Labute approximate surface area is 183 Å². The fourth-order valence-electron chi connectivity index (χ4n) is 3.46. The van der Waals surface area contributed by atoms with E-state index in [4.69, 9.17) is 9.47 Å². The van der Waals surface area contributed by atoms with Gasteiger partial charge in [0.2, 0.25) is 0 Å². The number of esters is 1. The van der Waals surface area contributed by atoms with E-state index in [1.165, 1.54) is 0 Å². The van der Waals surface area contributed by atoms with Gasteiger partial charge in [0.15, 0.2) is 0 Å². The molecule has 0 aliphatic carbocycles. The summed E-state index contributed by atoms with van der Waals surface area (Å²) in [5.74, 6) is 0.245. The molecule has 31 heavy (non-hydrogen) atoms. The van der Waals surface area contributed by atoms with Crippen LogP contribution in [0, 0.1) is 0 Å². The van der Waals surface area contributed by atoms with Crippen LogP contribution in [0.1, 0.15) is 57.2 Å². The van der Waals surface area contributed by atoms with Crippen molar-refractivity contribution in [1.82, 2.24) is 10.6 Å². The van der Waals surface area contributed by atoms with Crippen molar-refractivity contribution in [3.63, 3.8) is 0 Å². The molecule has 0 radical (unpaired) electrons. The van der Waals surface area contributed by atoms with Crippen molar-refractivity contribution in [3.05, 3.63) is 77.0 Å². The van der Waals surface area contributed by atoms with Gasteiger partial charge < -0.3 is 20.1 Å². The van der Waals surface area contributed by atoms with Crippen LogP contribution in [0.25, 0.3) is 0 Å². The zero-order valence-electron chi connectivity index (χ0n) is 18.3. The van der Waals surface area contributed by atoms with E-state index in [0.29, 0.717) is 30.0 Å². The molecule has 2 N–H and O–H groups in total. The van der Waals surface area contributed by atoms with Gasteiger partial charge in [-0.3, -0.25) is 0 Å². The first kappa shape index (κ1) is 22.4. The molecule has 0 spiro atoms. The predicted octanol–water partition coefficient (Wildman–Crippen LogP) is 5.02. The van der Waals surface area contributed by atoms with Gasteiger partial charge in [0.1, 0.15) is 12.4 Å². The quantitative estimate of drug-likeness (QED) is 0.557. The lowest BCUT2D eigenvalue weighted by atomic mass is 9.93. The minimum Gasteiger partial charge on any atom is -0.489 e. The van der Waals surface area contributed by atoms with Gasteiger partial charge in [0.05, 0.1) is 17.7 Å². The number of carbonyl (C=O) groups excluding carboxylic acids is 2. The number of carbonyl (C=O) groups is 2. The first-order valence-electron chi connectivity index (χ1n) is 10.8. The molecular weight excluding hydrogens is 392 g/mol. The highest BCUT2D eigenvalue weighted by Gasteiger charge is 2.34.